The third-order valence-electron chi connectivity index (χ3n) is 3.78. The van der Waals surface area contributed by atoms with Gasteiger partial charge in [-0.2, -0.15) is 0 Å². The molecule has 0 aliphatic rings. The summed E-state index contributed by atoms with van der Waals surface area (Å²) in [5.41, 5.74) is 1.08. The van der Waals surface area contributed by atoms with Crippen molar-refractivity contribution in [3.05, 3.63) is 59.7 Å². The van der Waals surface area contributed by atoms with Crippen LogP contribution in [0.15, 0.2) is 48.5 Å². The number of hydrogen-bond acceptors (Lipinski definition) is 8. The predicted octanol–water partition coefficient (Wildman–Crippen LogP) is 1.06. The van der Waals surface area contributed by atoms with Crippen molar-refractivity contribution < 1.29 is 29.3 Å². The minimum Gasteiger partial charge on any atom is -0.508 e. The molecule has 0 aromatic heterocycles. The second-order valence-corrected chi connectivity index (χ2v) is 5.93. The van der Waals surface area contributed by atoms with Crippen LogP contribution in [0.4, 0.5) is 0 Å². The number of carbonyl (C=O) groups is 2. The van der Waals surface area contributed by atoms with E-state index in [1.165, 1.54) is 12.1 Å². The lowest BCUT2D eigenvalue weighted by Crippen LogP contribution is -2.34. The molecular formula is C20H24N2O6. The van der Waals surface area contributed by atoms with Crippen LogP contribution in [0.3, 0.4) is 0 Å². The second kappa shape index (κ2) is 11.6. The number of hydrogen-bond donors (Lipinski definition) is 4. The molecule has 0 fully saturated rings. The molecule has 150 valence electrons. The molecule has 0 atom stereocenters. The molecule has 0 bridgehead atoms. The number of phenols is 2. The highest BCUT2D eigenvalue weighted by Crippen LogP contribution is 2.17. The summed E-state index contributed by atoms with van der Waals surface area (Å²) in [6, 6.07) is 13.3. The molecule has 0 saturated heterocycles. The number of esters is 2. The van der Waals surface area contributed by atoms with Gasteiger partial charge in [0.15, 0.2) is 0 Å². The first-order valence-corrected chi connectivity index (χ1v) is 8.82. The van der Waals surface area contributed by atoms with Crippen LogP contribution < -0.4 is 10.6 Å². The topological polar surface area (TPSA) is 117 Å². The highest BCUT2D eigenvalue weighted by Gasteiger charge is 2.07. The minimum absolute atomic E-state index is 0.00818. The van der Waals surface area contributed by atoms with Crippen LogP contribution >= 0.6 is 0 Å². The monoisotopic (exact) mass is 388 g/mol. The lowest BCUT2D eigenvalue weighted by molar-refractivity contribution is -0.145. The normalized spacial score (nSPS) is 10.4. The van der Waals surface area contributed by atoms with Gasteiger partial charge in [0.25, 0.3) is 0 Å². The molecule has 2 aromatic carbocycles. The molecule has 8 heteroatoms. The van der Waals surface area contributed by atoms with Crippen LogP contribution in [0.2, 0.25) is 0 Å². The zero-order chi connectivity index (χ0) is 20.2. The summed E-state index contributed by atoms with van der Waals surface area (Å²) in [6.07, 6.45) is 0. The fraction of sp³-hybridized carbons (Fsp3) is 0.300. The smallest absolute Gasteiger partial charge is 0.320 e. The van der Waals surface area contributed by atoms with Crippen LogP contribution in [0, 0.1) is 0 Å². The van der Waals surface area contributed by atoms with Gasteiger partial charge in [-0.25, -0.2) is 0 Å². The Hall–Kier alpha value is -3.10. The SMILES string of the molecule is O=C(CNCCNCC(=O)OCc1ccccc1O)OCc1ccccc1O. The maximum Gasteiger partial charge on any atom is 0.320 e. The number of carbonyl (C=O) groups excluding carboxylic acids is 2. The molecule has 2 rings (SSSR count). The van der Waals surface area contributed by atoms with Crippen LogP contribution in [-0.4, -0.2) is 48.3 Å². The Morgan fingerprint density at radius 1 is 0.714 bits per heavy atom. The van der Waals surface area contributed by atoms with E-state index in [1.807, 2.05) is 0 Å². The molecule has 2 aromatic rings. The van der Waals surface area contributed by atoms with Crippen molar-refractivity contribution in [2.75, 3.05) is 26.2 Å². The number of para-hydroxylation sites is 2. The van der Waals surface area contributed by atoms with Crippen molar-refractivity contribution in [2.45, 2.75) is 13.2 Å². The lowest BCUT2D eigenvalue weighted by Gasteiger charge is -2.09. The molecule has 8 nitrogen and oxygen atoms in total. The van der Waals surface area contributed by atoms with Gasteiger partial charge in [0.05, 0.1) is 13.1 Å². The third-order valence-corrected chi connectivity index (χ3v) is 3.78. The van der Waals surface area contributed by atoms with Gasteiger partial charge in [0.2, 0.25) is 0 Å². The highest BCUT2D eigenvalue weighted by molar-refractivity contribution is 5.72. The van der Waals surface area contributed by atoms with Gasteiger partial charge < -0.3 is 30.3 Å². The average molecular weight is 388 g/mol. The first-order chi connectivity index (χ1) is 13.6. The first kappa shape index (κ1) is 21.2. The minimum atomic E-state index is -0.440. The van der Waals surface area contributed by atoms with E-state index in [-0.39, 0.29) is 37.8 Å². The van der Waals surface area contributed by atoms with E-state index in [2.05, 4.69) is 10.6 Å². The van der Waals surface area contributed by atoms with E-state index in [0.29, 0.717) is 24.2 Å². The Kier molecular flexibility index (Phi) is 8.77. The molecule has 28 heavy (non-hydrogen) atoms. The molecule has 0 heterocycles. The van der Waals surface area contributed by atoms with E-state index in [4.69, 9.17) is 9.47 Å². The van der Waals surface area contributed by atoms with Crippen LogP contribution in [0.5, 0.6) is 11.5 Å². The van der Waals surface area contributed by atoms with Gasteiger partial charge in [-0.1, -0.05) is 36.4 Å². The van der Waals surface area contributed by atoms with Crippen molar-refractivity contribution in [1.29, 1.82) is 0 Å². The summed E-state index contributed by atoms with van der Waals surface area (Å²) >= 11 is 0. The zero-order valence-electron chi connectivity index (χ0n) is 15.4. The van der Waals surface area contributed by atoms with Crippen LogP contribution in [0.25, 0.3) is 0 Å². The number of rotatable bonds is 11. The van der Waals surface area contributed by atoms with Gasteiger partial charge in [0.1, 0.15) is 24.7 Å². The number of phenolic OH excluding ortho intramolecular Hbond substituents is 2. The van der Waals surface area contributed by atoms with Gasteiger partial charge >= 0.3 is 11.9 Å². The van der Waals surface area contributed by atoms with Gasteiger partial charge in [-0.15, -0.1) is 0 Å². The molecule has 0 unspecified atom stereocenters. The highest BCUT2D eigenvalue weighted by atomic mass is 16.5. The van der Waals surface area contributed by atoms with E-state index in [1.54, 1.807) is 36.4 Å². The predicted molar refractivity (Wildman–Crippen MR) is 102 cm³/mol. The van der Waals surface area contributed by atoms with E-state index < -0.39 is 11.9 Å². The Balaban J connectivity index is 1.49. The van der Waals surface area contributed by atoms with Crippen LogP contribution in [-0.2, 0) is 32.3 Å². The Morgan fingerprint density at radius 2 is 1.11 bits per heavy atom. The summed E-state index contributed by atoms with van der Waals surface area (Å²) in [7, 11) is 0. The van der Waals surface area contributed by atoms with Gasteiger partial charge in [-0.3, -0.25) is 9.59 Å². The maximum absolute atomic E-state index is 11.6. The molecule has 0 aliphatic carbocycles. The van der Waals surface area contributed by atoms with Crippen molar-refractivity contribution in [3.63, 3.8) is 0 Å². The molecule has 0 spiro atoms. The average Bonchev–Trinajstić information content (AvgIpc) is 2.69. The van der Waals surface area contributed by atoms with E-state index >= 15 is 0 Å². The fourth-order valence-electron chi connectivity index (χ4n) is 2.24. The maximum atomic E-state index is 11.6. The molecule has 0 saturated carbocycles. The third kappa shape index (κ3) is 7.65. The Morgan fingerprint density at radius 3 is 1.50 bits per heavy atom. The number of nitrogens with one attached hydrogen (secondary N) is 2. The zero-order valence-corrected chi connectivity index (χ0v) is 15.4. The number of benzene rings is 2. The quantitative estimate of drug-likeness (QED) is 0.334. The van der Waals surface area contributed by atoms with Crippen molar-refractivity contribution in [3.8, 4) is 11.5 Å². The first-order valence-electron chi connectivity index (χ1n) is 8.82. The lowest BCUT2D eigenvalue weighted by atomic mass is 10.2. The van der Waals surface area contributed by atoms with Crippen molar-refractivity contribution in [2.24, 2.45) is 0 Å². The summed E-state index contributed by atoms with van der Waals surface area (Å²) in [6.45, 7) is 0.972. The Bertz CT molecular complexity index is 715. The van der Waals surface area contributed by atoms with E-state index in [9.17, 15) is 19.8 Å². The molecule has 0 aliphatic heterocycles. The Labute approximate surface area is 163 Å². The standard InChI is InChI=1S/C20H24N2O6/c23-17-7-3-1-5-15(17)13-27-19(25)11-21-9-10-22-12-20(26)28-14-16-6-2-4-8-18(16)24/h1-8,21-24H,9-14H2. The summed E-state index contributed by atoms with van der Waals surface area (Å²) in [5.74, 6) is -0.709. The summed E-state index contributed by atoms with van der Waals surface area (Å²) in [4.78, 5) is 23.3. The van der Waals surface area contributed by atoms with E-state index in [0.717, 1.165) is 0 Å². The second-order valence-electron chi connectivity index (χ2n) is 5.93. The number of ether oxygens (including phenoxy) is 2. The van der Waals surface area contributed by atoms with Crippen molar-refractivity contribution in [1.82, 2.24) is 10.6 Å². The van der Waals surface area contributed by atoms with Crippen LogP contribution in [0.1, 0.15) is 11.1 Å². The summed E-state index contributed by atoms with van der Waals surface area (Å²) < 4.78 is 10.1. The molecule has 4 N–H and O–H groups in total. The number of aromatic hydroxyl groups is 2. The molecule has 0 radical (unpaired) electrons. The van der Waals surface area contributed by atoms with Crippen molar-refractivity contribution >= 4 is 11.9 Å². The fourth-order valence-corrected chi connectivity index (χ4v) is 2.24. The molecular weight excluding hydrogens is 364 g/mol. The summed E-state index contributed by atoms with van der Waals surface area (Å²) in [5, 5.41) is 25.0. The van der Waals surface area contributed by atoms with Gasteiger partial charge in [-0.05, 0) is 12.1 Å². The largest absolute Gasteiger partial charge is 0.508 e. The van der Waals surface area contributed by atoms with Gasteiger partial charge in [0, 0.05) is 24.2 Å². The molecule has 0 amide bonds.